The average Bonchev–Trinajstić information content (AvgIpc) is 2.56. The van der Waals surface area contributed by atoms with E-state index in [1.165, 1.54) is 12.1 Å². The van der Waals surface area contributed by atoms with E-state index < -0.39 is 0 Å². The molecule has 2 rings (SSSR count). The summed E-state index contributed by atoms with van der Waals surface area (Å²) in [4.78, 5) is 18.5. The van der Waals surface area contributed by atoms with Crippen LogP contribution in [0.2, 0.25) is 0 Å². The van der Waals surface area contributed by atoms with E-state index in [1.54, 1.807) is 19.2 Å². The molecule has 0 aromatic heterocycles. The third-order valence-corrected chi connectivity index (χ3v) is 5.24. The first kappa shape index (κ1) is 23.0. The summed E-state index contributed by atoms with van der Waals surface area (Å²) in [7, 11) is 1.78. The van der Waals surface area contributed by atoms with E-state index in [0.29, 0.717) is 13.1 Å². The summed E-state index contributed by atoms with van der Waals surface area (Å²) in [5, 5.41) is 6.18. The molecule has 1 aromatic rings. The van der Waals surface area contributed by atoms with Crippen molar-refractivity contribution in [1.29, 1.82) is 0 Å². The topological polar surface area (TPSA) is 56.7 Å². The molecule has 1 heterocycles. The molecule has 26 heavy (non-hydrogen) atoms. The molecule has 0 atom stereocenters. The maximum absolute atomic E-state index is 12.9. The Morgan fingerprint density at radius 1 is 1.27 bits per heavy atom. The quantitative estimate of drug-likeness (QED) is 0.286. The highest BCUT2D eigenvalue weighted by Gasteiger charge is 2.28. The molecule has 0 spiro atoms. The maximum Gasteiger partial charge on any atom is 0.224 e. The van der Waals surface area contributed by atoms with Crippen LogP contribution < -0.4 is 10.6 Å². The van der Waals surface area contributed by atoms with Crippen LogP contribution in [0.15, 0.2) is 29.3 Å². The smallest absolute Gasteiger partial charge is 0.224 e. The van der Waals surface area contributed by atoms with Gasteiger partial charge in [-0.25, -0.2) is 4.39 Å². The third kappa shape index (κ3) is 7.69. The van der Waals surface area contributed by atoms with Crippen LogP contribution in [-0.2, 0) is 11.2 Å². The summed E-state index contributed by atoms with van der Waals surface area (Å²) in [5.74, 6) is 1.60. The maximum atomic E-state index is 12.9. The van der Waals surface area contributed by atoms with E-state index in [4.69, 9.17) is 0 Å². The Balaban J connectivity index is 0.00000338. The van der Waals surface area contributed by atoms with Crippen LogP contribution in [0.3, 0.4) is 0 Å². The highest BCUT2D eigenvalue weighted by molar-refractivity contribution is 14.0. The van der Waals surface area contributed by atoms with Crippen LogP contribution >= 0.6 is 35.7 Å². The lowest BCUT2D eigenvalue weighted by molar-refractivity contribution is -0.120. The molecule has 5 nitrogen and oxygen atoms in total. The van der Waals surface area contributed by atoms with Gasteiger partial charge >= 0.3 is 0 Å². The van der Waals surface area contributed by atoms with Crippen LogP contribution in [0.4, 0.5) is 4.39 Å². The van der Waals surface area contributed by atoms with Gasteiger partial charge in [-0.1, -0.05) is 12.1 Å². The number of rotatable bonds is 5. The minimum Gasteiger partial charge on any atom is -0.354 e. The molecule has 0 saturated carbocycles. The highest BCUT2D eigenvalue weighted by Crippen LogP contribution is 2.29. The van der Waals surface area contributed by atoms with Crippen molar-refractivity contribution < 1.29 is 9.18 Å². The van der Waals surface area contributed by atoms with Crippen LogP contribution in [0.5, 0.6) is 0 Å². The highest BCUT2D eigenvalue weighted by atomic mass is 127. The van der Waals surface area contributed by atoms with E-state index in [9.17, 15) is 9.18 Å². The van der Waals surface area contributed by atoms with Gasteiger partial charge in [-0.3, -0.25) is 9.79 Å². The zero-order valence-corrected chi connectivity index (χ0v) is 18.7. The summed E-state index contributed by atoms with van der Waals surface area (Å²) in [6.07, 6.45) is 0.256. The van der Waals surface area contributed by atoms with Gasteiger partial charge in [0, 0.05) is 43.7 Å². The number of thioether (sulfide) groups is 1. The lowest BCUT2D eigenvalue weighted by atomic mass is 10.1. The summed E-state index contributed by atoms with van der Waals surface area (Å²) >= 11 is 1.98. The molecule has 0 bridgehead atoms. The minimum absolute atomic E-state index is 0. The van der Waals surface area contributed by atoms with Crippen LogP contribution in [0, 0.1) is 5.82 Å². The third-order valence-electron chi connectivity index (χ3n) is 3.95. The molecule has 1 amide bonds. The second-order valence-corrected chi connectivity index (χ2v) is 8.46. The fraction of sp³-hybridized carbons (Fsp3) is 0.556. The average molecular weight is 494 g/mol. The second kappa shape index (κ2) is 11.0. The van der Waals surface area contributed by atoms with Crippen molar-refractivity contribution in [3.63, 3.8) is 0 Å². The molecule has 1 aliphatic rings. The SMILES string of the molecule is CN=C(NCCNC(=O)Cc1ccc(F)cc1)N1CCSC(C)(C)C1.I. The molecule has 1 aliphatic heterocycles. The molecule has 2 N–H and O–H groups in total. The Morgan fingerprint density at radius 2 is 1.92 bits per heavy atom. The van der Waals surface area contributed by atoms with Crippen molar-refractivity contribution >= 4 is 47.6 Å². The Hall–Kier alpha value is -1.03. The summed E-state index contributed by atoms with van der Waals surface area (Å²) in [5.41, 5.74) is 0.802. The summed E-state index contributed by atoms with van der Waals surface area (Å²) < 4.78 is 13.1. The number of carbonyl (C=O) groups excluding carboxylic acids is 1. The molecular weight excluding hydrogens is 466 g/mol. The van der Waals surface area contributed by atoms with Crippen molar-refractivity contribution in [2.75, 3.05) is 39.0 Å². The predicted octanol–water partition coefficient (Wildman–Crippen LogP) is 2.51. The number of aliphatic imine (C=N–C) groups is 1. The number of carbonyl (C=O) groups is 1. The molecule has 0 unspecified atom stereocenters. The number of halogens is 2. The lowest BCUT2D eigenvalue weighted by Gasteiger charge is -2.39. The number of amides is 1. The van der Waals surface area contributed by atoms with Gasteiger partial charge < -0.3 is 15.5 Å². The number of hydrogen-bond donors (Lipinski definition) is 2. The summed E-state index contributed by atoms with van der Waals surface area (Å²) in [6.45, 7) is 7.55. The molecule has 1 saturated heterocycles. The molecular formula is C18H28FIN4OS. The minimum atomic E-state index is -0.293. The molecule has 1 fully saturated rings. The first-order valence-corrected chi connectivity index (χ1v) is 9.49. The van der Waals surface area contributed by atoms with Gasteiger partial charge in [0.15, 0.2) is 5.96 Å². The van der Waals surface area contributed by atoms with E-state index in [0.717, 1.165) is 30.4 Å². The monoisotopic (exact) mass is 494 g/mol. The molecule has 0 aliphatic carbocycles. The summed E-state index contributed by atoms with van der Waals surface area (Å²) in [6, 6.07) is 6.00. The number of nitrogens with one attached hydrogen (secondary N) is 2. The van der Waals surface area contributed by atoms with Crippen LogP contribution in [0.25, 0.3) is 0 Å². The second-order valence-electron chi connectivity index (χ2n) is 6.66. The van der Waals surface area contributed by atoms with Crippen LogP contribution in [-0.4, -0.2) is 60.5 Å². The van der Waals surface area contributed by atoms with Crippen molar-refractivity contribution in [2.24, 2.45) is 4.99 Å². The normalized spacial score (nSPS) is 16.6. The predicted molar refractivity (Wildman–Crippen MR) is 118 cm³/mol. The van der Waals surface area contributed by atoms with Gasteiger partial charge in [-0.2, -0.15) is 11.8 Å². The van der Waals surface area contributed by atoms with Crippen LogP contribution in [0.1, 0.15) is 19.4 Å². The standard InChI is InChI=1S/C18H27FN4OS.HI/c1-18(2)13-23(10-11-25-18)17(20-3)22-9-8-21-16(24)12-14-4-6-15(19)7-5-14;/h4-7H,8-13H2,1-3H3,(H,20,22)(H,21,24);1H. The zero-order valence-electron chi connectivity index (χ0n) is 15.5. The Kier molecular flexibility index (Phi) is 9.70. The van der Waals surface area contributed by atoms with Gasteiger partial charge in [-0.05, 0) is 31.5 Å². The van der Waals surface area contributed by atoms with E-state index in [1.807, 2.05) is 11.8 Å². The number of nitrogens with zero attached hydrogens (tertiary/aromatic N) is 2. The lowest BCUT2D eigenvalue weighted by Crippen LogP contribution is -2.51. The van der Waals surface area contributed by atoms with Gasteiger partial charge in [0.2, 0.25) is 5.91 Å². The largest absolute Gasteiger partial charge is 0.354 e. The van der Waals surface area contributed by atoms with Crippen molar-refractivity contribution in [3.8, 4) is 0 Å². The fourth-order valence-electron chi connectivity index (χ4n) is 2.76. The number of hydrogen-bond acceptors (Lipinski definition) is 3. The Morgan fingerprint density at radius 3 is 2.54 bits per heavy atom. The molecule has 8 heteroatoms. The van der Waals surface area contributed by atoms with Gasteiger partial charge in [0.05, 0.1) is 6.42 Å². The Labute approximate surface area is 176 Å². The molecule has 1 aromatic carbocycles. The number of guanidine groups is 1. The fourth-order valence-corrected chi connectivity index (χ4v) is 3.87. The Bertz CT molecular complexity index is 610. The van der Waals surface area contributed by atoms with Crippen molar-refractivity contribution in [2.45, 2.75) is 25.0 Å². The zero-order chi connectivity index (χ0) is 18.3. The van der Waals surface area contributed by atoms with Gasteiger partial charge in [0.25, 0.3) is 0 Å². The van der Waals surface area contributed by atoms with E-state index in [2.05, 4.69) is 34.4 Å². The number of benzene rings is 1. The van der Waals surface area contributed by atoms with E-state index >= 15 is 0 Å². The first-order valence-electron chi connectivity index (χ1n) is 8.50. The van der Waals surface area contributed by atoms with Gasteiger partial charge in [-0.15, -0.1) is 24.0 Å². The van der Waals surface area contributed by atoms with E-state index in [-0.39, 0.29) is 46.9 Å². The molecule has 146 valence electrons. The van der Waals surface area contributed by atoms with Crippen molar-refractivity contribution in [1.82, 2.24) is 15.5 Å². The van der Waals surface area contributed by atoms with Gasteiger partial charge in [0.1, 0.15) is 5.82 Å². The first-order chi connectivity index (χ1) is 11.9. The molecule has 0 radical (unpaired) electrons. The van der Waals surface area contributed by atoms with Crippen molar-refractivity contribution in [3.05, 3.63) is 35.6 Å².